The van der Waals surface area contributed by atoms with Crippen LogP contribution in [0.25, 0.3) is 17.2 Å². The highest BCUT2D eigenvalue weighted by Gasteiger charge is 2.71. The quantitative estimate of drug-likeness (QED) is 0.463. The normalized spacial score (nSPS) is 30.2. The van der Waals surface area contributed by atoms with E-state index < -0.39 is 53.7 Å². The molecule has 8 heteroatoms. The van der Waals surface area contributed by atoms with Crippen LogP contribution in [0, 0.1) is 30.1 Å². The van der Waals surface area contributed by atoms with Gasteiger partial charge in [-0.2, -0.15) is 0 Å². The number of cyclic esters (lactones) is 1. The summed E-state index contributed by atoms with van der Waals surface area (Å²) in [6.07, 6.45) is 4.49. The number of allylic oxidation sites excluding steroid dienone is 1. The van der Waals surface area contributed by atoms with Crippen LogP contribution >= 0.6 is 0 Å². The number of hydrogen-bond acceptors (Lipinski definition) is 6. The van der Waals surface area contributed by atoms with Crippen molar-refractivity contribution in [1.29, 1.82) is 0 Å². The number of halogens is 2. The molecule has 188 valence electrons. The lowest BCUT2D eigenvalue weighted by Gasteiger charge is -2.48. The van der Waals surface area contributed by atoms with Crippen LogP contribution in [0.15, 0.2) is 65.5 Å². The van der Waals surface area contributed by atoms with E-state index in [4.69, 9.17) is 9.15 Å². The first-order valence-electron chi connectivity index (χ1n) is 12.0. The van der Waals surface area contributed by atoms with E-state index in [1.807, 2.05) is 43.3 Å². The molecule has 1 aliphatic heterocycles. The van der Waals surface area contributed by atoms with E-state index in [-0.39, 0.29) is 5.89 Å². The number of pyridine rings is 1. The van der Waals surface area contributed by atoms with Gasteiger partial charge in [-0.15, -0.1) is 0 Å². The number of aliphatic hydroxyl groups excluding tert-OH is 1. The zero-order valence-electron chi connectivity index (χ0n) is 20.3. The van der Waals surface area contributed by atoms with E-state index in [0.717, 1.165) is 16.7 Å². The first kappa shape index (κ1) is 24.3. The number of oxazole rings is 1. The van der Waals surface area contributed by atoms with Gasteiger partial charge in [-0.3, -0.25) is 9.78 Å². The Bertz CT molecular complexity index is 1270. The molecule has 0 bridgehead atoms. The van der Waals surface area contributed by atoms with Crippen LogP contribution in [-0.2, 0) is 9.53 Å². The minimum atomic E-state index is -3.23. The second-order valence-corrected chi connectivity index (χ2v) is 9.90. The molecular weight excluding hydrogens is 466 g/mol. The van der Waals surface area contributed by atoms with E-state index in [1.165, 1.54) is 19.4 Å². The number of aryl methyl sites for hydroxylation is 1. The Balaban J connectivity index is 1.50. The summed E-state index contributed by atoms with van der Waals surface area (Å²) in [6, 6.07) is 11.8. The first-order valence-corrected chi connectivity index (χ1v) is 12.0. The number of hydrogen-bond donors (Lipinski definition) is 1. The average molecular weight is 495 g/mol. The molecule has 1 saturated carbocycles. The van der Waals surface area contributed by atoms with Gasteiger partial charge in [0.15, 0.2) is 0 Å². The average Bonchev–Trinajstić information content (AvgIpc) is 3.47. The Labute approximate surface area is 208 Å². The maximum Gasteiger partial charge on any atom is 0.316 e. The molecule has 1 N–H and O–H groups in total. The Morgan fingerprint density at radius 3 is 2.61 bits per heavy atom. The van der Waals surface area contributed by atoms with Crippen molar-refractivity contribution in [3.63, 3.8) is 0 Å². The highest BCUT2D eigenvalue weighted by Crippen LogP contribution is 2.63. The van der Waals surface area contributed by atoms with Gasteiger partial charge in [0.2, 0.25) is 5.89 Å². The third kappa shape index (κ3) is 3.84. The predicted octanol–water partition coefficient (Wildman–Crippen LogP) is 5.63. The Morgan fingerprint density at radius 2 is 1.94 bits per heavy atom. The van der Waals surface area contributed by atoms with Crippen molar-refractivity contribution in [2.45, 2.75) is 45.3 Å². The minimum Gasteiger partial charge on any atom is -0.462 e. The largest absolute Gasteiger partial charge is 0.462 e. The van der Waals surface area contributed by atoms with Crippen molar-refractivity contribution in [2.24, 2.45) is 23.2 Å². The summed E-state index contributed by atoms with van der Waals surface area (Å²) in [7, 11) is 0. The molecule has 1 unspecified atom stereocenters. The van der Waals surface area contributed by atoms with Crippen LogP contribution in [0.1, 0.15) is 43.5 Å². The highest BCUT2D eigenvalue weighted by atomic mass is 19.3. The van der Waals surface area contributed by atoms with E-state index in [1.54, 1.807) is 25.3 Å². The molecule has 2 aliphatic rings. The van der Waals surface area contributed by atoms with Crippen LogP contribution in [0.2, 0.25) is 0 Å². The van der Waals surface area contributed by atoms with E-state index in [2.05, 4.69) is 9.97 Å². The van der Waals surface area contributed by atoms with Gasteiger partial charge in [-0.25, -0.2) is 13.8 Å². The van der Waals surface area contributed by atoms with Crippen molar-refractivity contribution in [1.82, 2.24) is 9.97 Å². The summed E-state index contributed by atoms with van der Waals surface area (Å²) in [5.74, 6) is -6.82. The fraction of sp³-hybridized carbons (Fsp3) is 0.393. The van der Waals surface area contributed by atoms with Gasteiger partial charge >= 0.3 is 5.97 Å². The zero-order chi connectivity index (χ0) is 25.7. The second kappa shape index (κ2) is 8.92. The number of fused-ring (bicyclic) bond motifs is 1. The van der Waals surface area contributed by atoms with Crippen LogP contribution in [-0.4, -0.2) is 33.1 Å². The number of nitrogens with zero attached hydrogens (tertiary/aromatic N) is 2. The Morgan fingerprint density at radius 1 is 1.17 bits per heavy atom. The number of carbonyl (C=O) groups is 1. The number of aliphatic hydroxyl groups is 1. The number of esters is 1. The highest BCUT2D eigenvalue weighted by molar-refractivity contribution is 5.81. The van der Waals surface area contributed by atoms with Crippen LogP contribution in [0.4, 0.5) is 8.78 Å². The van der Waals surface area contributed by atoms with Gasteiger partial charge in [0.1, 0.15) is 23.9 Å². The van der Waals surface area contributed by atoms with Crippen LogP contribution < -0.4 is 0 Å². The molecule has 0 radical (unpaired) electrons. The summed E-state index contributed by atoms with van der Waals surface area (Å²) in [4.78, 5) is 21.5. The number of aromatic nitrogens is 2. The third-order valence-electron chi connectivity index (χ3n) is 7.86. The molecule has 2 aromatic heterocycles. The van der Waals surface area contributed by atoms with Crippen molar-refractivity contribution in [3.8, 4) is 11.1 Å². The summed E-state index contributed by atoms with van der Waals surface area (Å²) in [6.45, 7) is 5.18. The number of alkyl halides is 2. The van der Waals surface area contributed by atoms with Crippen molar-refractivity contribution >= 4 is 12.0 Å². The van der Waals surface area contributed by atoms with Crippen LogP contribution in [0.5, 0.6) is 0 Å². The van der Waals surface area contributed by atoms with Gasteiger partial charge < -0.3 is 14.3 Å². The number of benzene rings is 1. The second-order valence-electron chi connectivity index (χ2n) is 9.90. The molecule has 1 saturated heterocycles. The lowest BCUT2D eigenvalue weighted by Crippen LogP contribution is -2.56. The SMILES string of the molecule is Cc1ccccc1-c1ccc(/C=C/[C@@H]2[C@@H]3[C@@H](C)OC(=O)[C@]3(C(O)c3ncco3)CC(F)(F)[C@H]2C)nc1. The fourth-order valence-electron chi connectivity index (χ4n) is 5.93. The molecular formula is C28H28F2N2O4. The molecule has 36 heavy (non-hydrogen) atoms. The Hall–Kier alpha value is -3.39. The topological polar surface area (TPSA) is 85.5 Å². The van der Waals surface area contributed by atoms with Crippen molar-refractivity contribution in [3.05, 3.63) is 78.3 Å². The molecule has 0 spiro atoms. The molecule has 0 amide bonds. The smallest absolute Gasteiger partial charge is 0.316 e. The lowest BCUT2D eigenvalue weighted by molar-refractivity contribution is -0.194. The maximum absolute atomic E-state index is 15.4. The molecule has 1 aromatic carbocycles. The maximum atomic E-state index is 15.4. The van der Waals surface area contributed by atoms with Gasteiger partial charge in [-0.05, 0) is 43.0 Å². The van der Waals surface area contributed by atoms with Gasteiger partial charge in [0, 0.05) is 30.0 Å². The van der Waals surface area contributed by atoms with Crippen LogP contribution in [0.3, 0.4) is 0 Å². The summed E-state index contributed by atoms with van der Waals surface area (Å²) < 4.78 is 41.5. The summed E-state index contributed by atoms with van der Waals surface area (Å²) in [5.41, 5.74) is 1.88. The number of rotatable bonds is 5. The van der Waals surface area contributed by atoms with Gasteiger partial charge in [-0.1, -0.05) is 43.3 Å². The van der Waals surface area contributed by atoms with E-state index >= 15 is 8.78 Å². The summed E-state index contributed by atoms with van der Waals surface area (Å²) in [5, 5.41) is 11.1. The molecule has 3 aromatic rings. The zero-order valence-corrected chi connectivity index (χ0v) is 20.3. The molecule has 2 fully saturated rings. The first-order chi connectivity index (χ1) is 17.1. The molecule has 3 heterocycles. The number of carbonyl (C=O) groups excluding carboxylic acids is 1. The standard InChI is InChI=1S/C28H28F2N2O4/c1-16-6-4-5-7-21(16)19-8-9-20(32-14-19)10-11-22-17(2)28(29,30)15-27(23(22)18(3)36-26(27)34)24(33)25-31-12-13-35-25/h4-14,17-18,22-24,33H,15H2,1-3H3/b11-10+/t17-,18+,22-,23-,24?,27+/m0/s1. The molecule has 6 nitrogen and oxygen atoms in total. The van der Waals surface area contributed by atoms with Crippen molar-refractivity contribution in [2.75, 3.05) is 0 Å². The molecule has 5 rings (SSSR count). The lowest BCUT2D eigenvalue weighted by atomic mass is 9.54. The summed E-state index contributed by atoms with van der Waals surface area (Å²) >= 11 is 0. The van der Waals surface area contributed by atoms with Gasteiger partial charge in [0.25, 0.3) is 5.92 Å². The molecule has 6 atom stereocenters. The monoisotopic (exact) mass is 494 g/mol. The fourth-order valence-corrected chi connectivity index (χ4v) is 5.93. The predicted molar refractivity (Wildman–Crippen MR) is 129 cm³/mol. The van der Waals surface area contributed by atoms with E-state index in [0.29, 0.717) is 5.69 Å². The number of ether oxygens (including phenoxy) is 1. The van der Waals surface area contributed by atoms with Gasteiger partial charge in [0.05, 0.1) is 11.9 Å². The third-order valence-corrected chi connectivity index (χ3v) is 7.86. The Kier molecular flexibility index (Phi) is 6.03. The van der Waals surface area contributed by atoms with E-state index in [9.17, 15) is 9.90 Å². The molecule has 1 aliphatic carbocycles. The van der Waals surface area contributed by atoms with Crippen molar-refractivity contribution < 1.29 is 27.8 Å². The minimum absolute atomic E-state index is 0.174.